The molecule has 8 heterocycles. The van der Waals surface area contributed by atoms with Gasteiger partial charge in [-0.3, -0.25) is 43.3 Å². The number of hydrogen-bond donors (Lipinski definition) is 3. The van der Waals surface area contributed by atoms with Gasteiger partial charge in [-0.2, -0.15) is 30.4 Å². The van der Waals surface area contributed by atoms with Crippen molar-refractivity contribution in [1.29, 1.82) is 0 Å². The lowest BCUT2D eigenvalue weighted by Gasteiger charge is -2.28. The standard InChI is InChI=1S/C31H44N6O6S.C22H35N3O6S.C9H10ClN3/c1-20(2)37-25-13-14-32-18-24(25)33-30(37)43-23-15-26-27(38)17-31(29(40)34-44(41,42)35(4)5)16-22(31)12-10-8-6-7-9-11-21(3)28(39)36(26)19-23;1-15-9-7-5-4-6-8-10-16-12-22(16,21(29)23-32(30,31)24(2)3)13-19(27)18-11-17(26)14-25(18)20(15)28;1-6(2)13-8-3-4-11-5-7(8)12-9(13)10/h10,12-14,18,20-23,26H,6-9,11,15-17,19H2,1-5H3,(H,34,40);8,10,15-18,26H,4-7,9,11-14H2,1-3H3,(H,23,29);3-6H,1-2H3/b12-10-;10-8-;/t21-,22+,23+,26-,31+;15-,16+,17+,18-,22+;/m00./s1. The van der Waals surface area contributed by atoms with Crippen molar-refractivity contribution >= 4 is 89.3 Å². The van der Waals surface area contributed by atoms with Gasteiger partial charge in [-0.15, -0.1) is 0 Å². The van der Waals surface area contributed by atoms with E-state index in [1.165, 1.54) is 33.1 Å². The van der Waals surface area contributed by atoms with Gasteiger partial charge in [0.2, 0.25) is 28.9 Å². The smallest absolute Gasteiger partial charge is 0.303 e. The number of Topliss-reactive ketones (excluding diaryl/α,β-unsaturated/α-hetero) is 2. The monoisotopic (exact) mass is 1290 g/mol. The molecule has 10 rings (SSSR count). The number of amides is 4. The van der Waals surface area contributed by atoms with Crippen LogP contribution in [-0.2, 0) is 49.2 Å². The molecule has 27 heteroatoms. The fourth-order valence-electron chi connectivity index (χ4n) is 12.7. The summed E-state index contributed by atoms with van der Waals surface area (Å²) in [6.07, 6.45) is 23.1. The second-order valence-electron chi connectivity index (χ2n) is 25.9. The fraction of sp³-hybridized carbons (Fsp3) is 0.645. The van der Waals surface area contributed by atoms with Gasteiger partial charge in [-0.25, -0.2) is 14.4 Å². The summed E-state index contributed by atoms with van der Waals surface area (Å²) in [5.41, 5.74) is 1.13. The summed E-state index contributed by atoms with van der Waals surface area (Å²) >= 11 is 5.99. The van der Waals surface area contributed by atoms with Gasteiger partial charge < -0.3 is 24.2 Å². The third kappa shape index (κ3) is 15.8. The number of allylic oxidation sites excluding steroid dienone is 4. The van der Waals surface area contributed by atoms with E-state index in [0.717, 1.165) is 89.4 Å². The Kier molecular flexibility index (Phi) is 22.0. The van der Waals surface area contributed by atoms with E-state index in [4.69, 9.17) is 16.3 Å². The minimum absolute atomic E-state index is 0.0456. The van der Waals surface area contributed by atoms with Crippen LogP contribution in [0.15, 0.2) is 61.2 Å². The molecular weight excluding hydrogens is 1200 g/mol. The summed E-state index contributed by atoms with van der Waals surface area (Å²) in [4.78, 5) is 101. The molecule has 4 fully saturated rings. The van der Waals surface area contributed by atoms with Crippen molar-refractivity contribution in [3.8, 4) is 6.01 Å². The van der Waals surface area contributed by atoms with Crippen LogP contribution >= 0.6 is 11.6 Å². The predicted octanol–water partition coefficient (Wildman–Crippen LogP) is 7.06. The van der Waals surface area contributed by atoms with Crippen LogP contribution in [0.5, 0.6) is 6.01 Å². The summed E-state index contributed by atoms with van der Waals surface area (Å²) in [6.45, 7) is 12.3. The highest BCUT2D eigenvalue weighted by atomic mass is 35.5. The molecule has 2 aliphatic carbocycles. The number of pyridine rings is 2. The average Bonchev–Trinajstić information content (AvgIpc) is 1.67. The van der Waals surface area contributed by atoms with Crippen LogP contribution in [-0.4, -0.2) is 170 Å². The van der Waals surface area contributed by atoms with Crippen molar-refractivity contribution in [3.05, 3.63) is 66.5 Å². The van der Waals surface area contributed by atoms with Gasteiger partial charge in [0.1, 0.15) is 17.1 Å². The molecule has 4 amide bonds. The van der Waals surface area contributed by atoms with Gasteiger partial charge >= 0.3 is 20.4 Å². The number of imidazole rings is 2. The van der Waals surface area contributed by atoms with Gasteiger partial charge in [0, 0.05) is 96.7 Å². The van der Waals surface area contributed by atoms with E-state index < -0.39 is 67.4 Å². The second-order valence-corrected chi connectivity index (χ2v) is 30.0. The zero-order valence-electron chi connectivity index (χ0n) is 52.9. The van der Waals surface area contributed by atoms with Crippen molar-refractivity contribution in [2.45, 2.75) is 181 Å². The molecule has 3 N–H and O–H groups in total. The number of ether oxygens (including phenoxy) is 1. The molecule has 488 valence electrons. The highest BCUT2D eigenvalue weighted by molar-refractivity contribution is 7.88. The molecule has 0 aromatic carbocycles. The topological polar surface area (TPSA) is 299 Å². The van der Waals surface area contributed by atoms with E-state index >= 15 is 0 Å². The van der Waals surface area contributed by atoms with Gasteiger partial charge in [0.05, 0.1) is 59.0 Å². The van der Waals surface area contributed by atoms with Crippen molar-refractivity contribution in [2.75, 3.05) is 41.3 Å². The van der Waals surface area contributed by atoms with Gasteiger partial charge in [-0.05, 0) is 115 Å². The van der Waals surface area contributed by atoms with E-state index in [1.807, 2.05) is 73.3 Å². The zero-order valence-corrected chi connectivity index (χ0v) is 55.3. The summed E-state index contributed by atoms with van der Waals surface area (Å²) in [5, 5.41) is 10.7. The van der Waals surface area contributed by atoms with Crippen LogP contribution in [0.2, 0.25) is 5.28 Å². The number of nitrogens with zero attached hydrogens (tertiary/aromatic N) is 10. The minimum atomic E-state index is -4.04. The second kappa shape index (κ2) is 28.5. The highest BCUT2D eigenvalue weighted by Gasteiger charge is 2.62. The van der Waals surface area contributed by atoms with Crippen LogP contribution in [0.3, 0.4) is 0 Å². The van der Waals surface area contributed by atoms with E-state index in [1.54, 1.807) is 29.7 Å². The Morgan fingerprint density at radius 3 is 1.58 bits per heavy atom. The van der Waals surface area contributed by atoms with Gasteiger partial charge in [0.25, 0.3) is 6.01 Å². The maximum atomic E-state index is 14.1. The first kappa shape index (κ1) is 68.7. The van der Waals surface area contributed by atoms with Crippen molar-refractivity contribution in [3.63, 3.8) is 0 Å². The van der Waals surface area contributed by atoms with E-state index in [0.29, 0.717) is 35.7 Å². The fourth-order valence-corrected chi connectivity index (χ4v) is 14.3. The molecule has 4 aromatic heterocycles. The van der Waals surface area contributed by atoms with Crippen molar-refractivity contribution in [1.82, 2.24) is 56.9 Å². The number of rotatable bonds is 10. The maximum Gasteiger partial charge on any atom is 0.303 e. The first-order valence-corrected chi connectivity index (χ1v) is 34.4. The first-order chi connectivity index (χ1) is 42.0. The lowest BCUT2D eigenvalue weighted by atomic mass is 9.91. The normalized spacial score (nSPS) is 28.9. The largest absolute Gasteiger partial charge is 0.459 e. The molecule has 2 saturated heterocycles. The zero-order chi connectivity index (χ0) is 64.9. The Morgan fingerprint density at radius 2 is 1.11 bits per heavy atom. The number of aromatic nitrogens is 6. The van der Waals surface area contributed by atoms with Gasteiger partial charge in [-0.1, -0.05) is 63.8 Å². The highest BCUT2D eigenvalue weighted by Crippen LogP contribution is 2.58. The number of halogens is 1. The number of ketones is 2. The maximum absolute atomic E-state index is 14.1. The number of aliphatic hydroxyl groups excluding tert-OH is 1. The number of hydrogen-bond acceptors (Lipinski definition) is 16. The quantitative estimate of drug-likeness (QED) is 0.134. The summed E-state index contributed by atoms with van der Waals surface area (Å²) in [5.74, 6) is -3.20. The molecule has 0 unspecified atom stereocenters. The van der Waals surface area contributed by atoms with Crippen LogP contribution in [0.4, 0.5) is 0 Å². The number of carbonyl (C=O) groups is 6. The van der Waals surface area contributed by atoms with Crippen LogP contribution < -0.4 is 14.2 Å². The number of fused-ring (bicyclic) bond motifs is 6. The van der Waals surface area contributed by atoms with E-state index in [-0.39, 0.29) is 91.9 Å². The Labute approximate surface area is 528 Å². The van der Waals surface area contributed by atoms with E-state index in [2.05, 4.69) is 43.2 Å². The Bertz CT molecular complexity index is 3550. The third-order valence-corrected chi connectivity index (χ3v) is 21.3. The van der Waals surface area contributed by atoms with Crippen LogP contribution in [0.25, 0.3) is 22.1 Å². The lowest BCUT2D eigenvalue weighted by Crippen LogP contribution is -2.47. The molecule has 6 aliphatic rings. The molecule has 4 aromatic rings. The number of aliphatic hydroxyl groups is 1. The summed E-state index contributed by atoms with van der Waals surface area (Å²) in [6, 6.07) is 2.99. The molecule has 0 radical (unpaired) electrons. The van der Waals surface area contributed by atoms with Crippen LogP contribution in [0, 0.1) is 34.5 Å². The molecular formula is C62H89ClN12O12S2. The minimum Gasteiger partial charge on any atom is -0.459 e. The number of carbonyl (C=O) groups excluding carboxylic acids is 6. The Morgan fingerprint density at radius 1 is 0.663 bits per heavy atom. The number of nitrogens with one attached hydrogen (secondary N) is 2. The first-order valence-electron chi connectivity index (χ1n) is 31.1. The molecule has 0 spiro atoms. The molecule has 89 heavy (non-hydrogen) atoms. The molecule has 2 saturated carbocycles. The molecule has 0 bridgehead atoms. The summed E-state index contributed by atoms with van der Waals surface area (Å²) in [7, 11) is -2.70. The van der Waals surface area contributed by atoms with E-state index in [9.17, 15) is 50.7 Å². The van der Waals surface area contributed by atoms with Crippen molar-refractivity contribution in [2.24, 2.45) is 34.5 Å². The Balaban J connectivity index is 0.000000197. The predicted molar refractivity (Wildman–Crippen MR) is 336 cm³/mol. The summed E-state index contributed by atoms with van der Waals surface area (Å²) < 4.78 is 66.1. The molecule has 4 aliphatic heterocycles. The molecule has 10 atom stereocenters. The lowest BCUT2D eigenvalue weighted by molar-refractivity contribution is -0.142. The third-order valence-electron chi connectivity index (χ3n) is 18.2. The average molecular weight is 1290 g/mol. The van der Waals surface area contributed by atoms with Crippen molar-refractivity contribution < 1.29 is 55.4 Å². The molecule has 24 nitrogen and oxygen atoms in total. The Hall–Kier alpha value is -6.19. The van der Waals surface area contributed by atoms with Gasteiger partial charge in [0.15, 0.2) is 11.6 Å². The van der Waals surface area contributed by atoms with Crippen LogP contribution in [0.1, 0.15) is 156 Å². The SMILES string of the molecule is CC(C)n1c(Cl)nc2cnccc21.CC(C)n1c(O[C@@H]2C[C@H]3C(=O)C[C@]4(C(=O)NS(=O)(=O)N(C)C)C[C@H]4/C=C\CCCCC[C@H](C)C(=O)N3C2)nc2cnccc21.C[C@H]1CCCCC/C=C\[C@@H]2C[C@@]2(C(=O)NS(=O)(=O)N(C)C)CC(=O)[C@@H]2C[C@@H](O)CN2C1=O.